The highest BCUT2D eigenvalue weighted by Gasteiger charge is 2.28. The maximum atomic E-state index is 12.1. The van der Waals surface area contributed by atoms with Crippen LogP contribution in [0.5, 0.6) is 0 Å². The lowest BCUT2D eigenvalue weighted by Crippen LogP contribution is -2.37. The number of hydrogen-bond donors (Lipinski definition) is 0. The van der Waals surface area contributed by atoms with Crippen LogP contribution in [0.4, 0.5) is 0 Å². The number of amidine groups is 1. The van der Waals surface area contributed by atoms with E-state index in [1.807, 2.05) is 18.2 Å². The van der Waals surface area contributed by atoms with Crippen LogP contribution in [0.2, 0.25) is 0 Å². The summed E-state index contributed by atoms with van der Waals surface area (Å²) in [4.78, 5) is 19.3. The zero-order valence-electron chi connectivity index (χ0n) is 12.5. The van der Waals surface area contributed by atoms with Crippen molar-refractivity contribution in [3.8, 4) is 0 Å². The predicted octanol–water partition coefficient (Wildman–Crippen LogP) is 3.70. The summed E-state index contributed by atoms with van der Waals surface area (Å²) in [6.07, 6.45) is 4.40. The Labute approximate surface area is 130 Å². The fraction of sp³-hybridized carbons (Fsp3) is 0.412. The molecular formula is C17H20N2OS. The second-order valence-corrected chi connectivity index (χ2v) is 6.92. The molecule has 3 nitrogen and oxygen atoms in total. The molecule has 2 aliphatic rings. The summed E-state index contributed by atoms with van der Waals surface area (Å²) in [6, 6.07) is 8.20. The summed E-state index contributed by atoms with van der Waals surface area (Å²) >= 11 is 1.51. The number of likely N-dealkylation sites (tertiary alicyclic amines) is 1. The number of thioether (sulfide) groups is 1. The van der Waals surface area contributed by atoms with Crippen molar-refractivity contribution in [1.29, 1.82) is 0 Å². The first-order valence-electron chi connectivity index (χ1n) is 7.46. The highest BCUT2D eigenvalue weighted by Crippen LogP contribution is 2.32. The molecule has 0 radical (unpaired) electrons. The van der Waals surface area contributed by atoms with E-state index in [2.05, 4.69) is 35.9 Å². The number of benzene rings is 1. The number of carbonyl (C=O) groups excluding carboxylic acids is 1. The van der Waals surface area contributed by atoms with E-state index >= 15 is 0 Å². The van der Waals surface area contributed by atoms with E-state index in [4.69, 9.17) is 0 Å². The van der Waals surface area contributed by atoms with Crippen LogP contribution in [0.25, 0.3) is 6.08 Å². The van der Waals surface area contributed by atoms with Crippen LogP contribution in [0.3, 0.4) is 0 Å². The third kappa shape index (κ3) is 3.38. The molecule has 1 amide bonds. The molecule has 3 rings (SSSR count). The number of amides is 1. The van der Waals surface area contributed by atoms with E-state index in [0.29, 0.717) is 5.92 Å². The highest BCUT2D eigenvalue weighted by molar-refractivity contribution is 8.18. The van der Waals surface area contributed by atoms with Gasteiger partial charge in [0.2, 0.25) is 0 Å². The van der Waals surface area contributed by atoms with Crippen LogP contribution in [0, 0.1) is 12.8 Å². The van der Waals surface area contributed by atoms with Gasteiger partial charge in [-0.1, -0.05) is 36.8 Å². The first-order chi connectivity index (χ1) is 10.1. The highest BCUT2D eigenvalue weighted by atomic mass is 32.2. The summed E-state index contributed by atoms with van der Waals surface area (Å²) < 4.78 is 0. The Balaban J connectivity index is 1.73. The fourth-order valence-electron chi connectivity index (χ4n) is 2.71. The quantitative estimate of drug-likeness (QED) is 0.741. The van der Waals surface area contributed by atoms with Gasteiger partial charge in [0.15, 0.2) is 5.17 Å². The third-order valence-electron chi connectivity index (χ3n) is 3.91. The van der Waals surface area contributed by atoms with E-state index in [1.165, 1.54) is 30.2 Å². The van der Waals surface area contributed by atoms with Gasteiger partial charge in [-0.2, -0.15) is 4.99 Å². The summed E-state index contributed by atoms with van der Waals surface area (Å²) in [5, 5.41) is 0.880. The van der Waals surface area contributed by atoms with E-state index in [9.17, 15) is 4.79 Å². The average molecular weight is 300 g/mol. The molecule has 21 heavy (non-hydrogen) atoms. The van der Waals surface area contributed by atoms with Crippen LogP contribution in [0.1, 0.15) is 30.9 Å². The molecular weight excluding hydrogens is 280 g/mol. The molecule has 1 aromatic carbocycles. The number of carbonyl (C=O) groups is 1. The minimum atomic E-state index is -0.103. The van der Waals surface area contributed by atoms with Crippen molar-refractivity contribution < 1.29 is 4.79 Å². The molecule has 4 heteroatoms. The molecule has 110 valence electrons. The molecule has 2 heterocycles. The first-order valence-corrected chi connectivity index (χ1v) is 8.27. The van der Waals surface area contributed by atoms with Crippen LogP contribution in [0.15, 0.2) is 34.2 Å². The largest absolute Gasteiger partial charge is 0.351 e. The Kier molecular flexibility index (Phi) is 4.15. The zero-order valence-corrected chi connectivity index (χ0v) is 13.3. The van der Waals surface area contributed by atoms with Gasteiger partial charge in [0.05, 0.1) is 4.91 Å². The Morgan fingerprint density at radius 3 is 2.81 bits per heavy atom. The van der Waals surface area contributed by atoms with Crippen LogP contribution in [-0.4, -0.2) is 29.1 Å². The second-order valence-electron chi connectivity index (χ2n) is 5.91. The van der Waals surface area contributed by atoms with E-state index in [-0.39, 0.29) is 5.91 Å². The summed E-state index contributed by atoms with van der Waals surface area (Å²) in [5.41, 5.74) is 2.28. The molecule has 0 N–H and O–H groups in total. The Morgan fingerprint density at radius 1 is 1.33 bits per heavy atom. The van der Waals surface area contributed by atoms with Crippen molar-refractivity contribution in [1.82, 2.24) is 4.90 Å². The Hall–Kier alpha value is -1.55. The van der Waals surface area contributed by atoms with Gasteiger partial charge in [-0.15, -0.1) is 0 Å². The lowest BCUT2D eigenvalue weighted by molar-refractivity contribution is -0.113. The van der Waals surface area contributed by atoms with Crippen molar-refractivity contribution in [2.45, 2.75) is 26.7 Å². The number of piperidine rings is 1. The molecule has 0 aliphatic carbocycles. The average Bonchev–Trinajstić information content (AvgIpc) is 2.83. The van der Waals surface area contributed by atoms with Gasteiger partial charge in [-0.25, -0.2) is 0 Å². The number of aryl methyl sites for hydroxylation is 1. The minimum Gasteiger partial charge on any atom is -0.351 e. The molecule has 0 bridgehead atoms. The van der Waals surface area contributed by atoms with Crippen molar-refractivity contribution in [2.75, 3.05) is 13.1 Å². The number of aliphatic imine (C=N–C) groups is 1. The standard InChI is InChI=1S/C17H20N2OS/c1-12-5-7-14(8-6-12)10-15-16(20)18-17(21-15)19-9-3-4-13(2)11-19/h5-8,10,13H,3-4,9,11H2,1-2H3/b15-10+/t13-/m0/s1. The number of nitrogens with zero attached hydrogens (tertiary/aromatic N) is 2. The topological polar surface area (TPSA) is 32.7 Å². The molecule has 1 saturated heterocycles. The normalized spacial score (nSPS) is 24.6. The first kappa shape index (κ1) is 14.4. The summed E-state index contributed by atoms with van der Waals surface area (Å²) in [5.74, 6) is 0.580. The molecule has 1 aromatic rings. The van der Waals surface area contributed by atoms with Gasteiger partial charge < -0.3 is 4.90 Å². The fourth-order valence-corrected chi connectivity index (χ4v) is 3.66. The van der Waals surface area contributed by atoms with Gasteiger partial charge in [0.25, 0.3) is 5.91 Å². The molecule has 2 aliphatic heterocycles. The number of rotatable bonds is 1. The molecule has 0 unspecified atom stereocenters. The minimum absolute atomic E-state index is 0.103. The van der Waals surface area contributed by atoms with Gasteiger partial charge in [-0.05, 0) is 49.1 Å². The van der Waals surface area contributed by atoms with Crippen molar-refractivity contribution in [2.24, 2.45) is 10.9 Å². The predicted molar refractivity (Wildman–Crippen MR) is 89.2 cm³/mol. The SMILES string of the molecule is Cc1ccc(/C=C2/SC(N3CCC[C@H](C)C3)=NC2=O)cc1. The van der Waals surface area contributed by atoms with Crippen molar-refractivity contribution >= 4 is 28.9 Å². The van der Waals surface area contributed by atoms with Crippen LogP contribution < -0.4 is 0 Å². The Morgan fingerprint density at radius 2 is 2.10 bits per heavy atom. The zero-order chi connectivity index (χ0) is 14.8. The second kappa shape index (κ2) is 6.06. The molecule has 0 saturated carbocycles. The monoisotopic (exact) mass is 300 g/mol. The Bertz CT molecular complexity index is 604. The lowest BCUT2D eigenvalue weighted by Gasteiger charge is -2.31. The van der Waals surface area contributed by atoms with Gasteiger partial charge >= 0.3 is 0 Å². The van der Waals surface area contributed by atoms with E-state index in [1.54, 1.807) is 0 Å². The van der Waals surface area contributed by atoms with E-state index in [0.717, 1.165) is 28.7 Å². The van der Waals surface area contributed by atoms with Gasteiger partial charge in [0.1, 0.15) is 0 Å². The molecule has 0 aromatic heterocycles. The molecule has 1 atom stereocenters. The van der Waals surface area contributed by atoms with Crippen molar-refractivity contribution in [3.63, 3.8) is 0 Å². The van der Waals surface area contributed by atoms with Crippen LogP contribution in [-0.2, 0) is 4.79 Å². The van der Waals surface area contributed by atoms with Crippen LogP contribution >= 0.6 is 11.8 Å². The van der Waals surface area contributed by atoms with Gasteiger partial charge in [-0.3, -0.25) is 4.79 Å². The van der Waals surface area contributed by atoms with E-state index < -0.39 is 0 Å². The summed E-state index contributed by atoms with van der Waals surface area (Å²) in [6.45, 7) is 6.35. The lowest BCUT2D eigenvalue weighted by atomic mass is 10.0. The molecule has 1 fully saturated rings. The van der Waals surface area contributed by atoms with Crippen molar-refractivity contribution in [3.05, 3.63) is 40.3 Å². The maximum absolute atomic E-state index is 12.1. The maximum Gasteiger partial charge on any atom is 0.286 e. The smallest absolute Gasteiger partial charge is 0.286 e. The number of hydrogen-bond acceptors (Lipinski definition) is 3. The van der Waals surface area contributed by atoms with Gasteiger partial charge in [0, 0.05) is 13.1 Å². The summed E-state index contributed by atoms with van der Waals surface area (Å²) in [7, 11) is 0. The molecule has 0 spiro atoms. The third-order valence-corrected chi connectivity index (χ3v) is 4.96.